The Morgan fingerprint density at radius 3 is 2.83 bits per heavy atom. The summed E-state index contributed by atoms with van der Waals surface area (Å²) in [6.45, 7) is 5.61. The van der Waals surface area contributed by atoms with Crippen molar-refractivity contribution in [3.05, 3.63) is 30.6 Å². The number of carbonyl (C=O) groups is 1. The standard InChI is InChI=1S/C20H22FN7O2/c1-5-15(29)26-13-9-28-8-12(22-7-14(28)25-13)16-11-6-23-27-18(11)19(24-10(2)3)17(21)20(16)30-4/h6-10,24H,5H2,1-4H3,(H,23,27)(H,26,29). The van der Waals surface area contributed by atoms with Gasteiger partial charge in [0.05, 0.1) is 42.5 Å². The Kier molecular flexibility index (Phi) is 4.98. The number of rotatable bonds is 6. The van der Waals surface area contributed by atoms with Crippen molar-refractivity contribution in [1.29, 1.82) is 0 Å². The van der Waals surface area contributed by atoms with Gasteiger partial charge in [-0.3, -0.25) is 14.9 Å². The second-order valence-corrected chi connectivity index (χ2v) is 7.12. The summed E-state index contributed by atoms with van der Waals surface area (Å²) >= 11 is 0. The van der Waals surface area contributed by atoms with Gasteiger partial charge in [0.2, 0.25) is 5.91 Å². The molecule has 0 aliphatic carbocycles. The Morgan fingerprint density at radius 2 is 2.13 bits per heavy atom. The summed E-state index contributed by atoms with van der Waals surface area (Å²) in [5.41, 5.74) is 2.33. The predicted octanol–water partition coefficient (Wildman–Crippen LogP) is 3.59. The van der Waals surface area contributed by atoms with Gasteiger partial charge in [0.1, 0.15) is 5.69 Å². The Hall–Kier alpha value is -3.69. The van der Waals surface area contributed by atoms with Crippen molar-refractivity contribution >= 4 is 34.0 Å². The van der Waals surface area contributed by atoms with Gasteiger partial charge in [0.25, 0.3) is 0 Å². The molecule has 3 aromatic heterocycles. The molecule has 0 aliphatic rings. The van der Waals surface area contributed by atoms with Gasteiger partial charge >= 0.3 is 0 Å². The summed E-state index contributed by atoms with van der Waals surface area (Å²) in [7, 11) is 1.42. The number of nitrogens with zero attached hydrogens (tertiary/aromatic N) is 4. The highest BCUT2D eigenvalue weighted by Crippen LogP contribution is 2.42. The van der Waals surface area contributed by atoms with Crippen molar-refractivity contribution in [1.82, 2.24) is 24.6 Å². The number of benzene rings is 1. The number of fused-ring (bicyclic) bond motifs is 2. The molecule has 3 N–H and O–H groups in total. The zero-order valence-corrected chi connectivity index (χ0v) is 17.1. The van der Waals surface area contributed by atoms with Crippen LogP contribution < -0.4 is 15.4 Å². The van der Waals surface area contributed by atoms with Crippen molar-refractivity contribution in [2.24, 2.45) is 0 Å². The number of hydrogen-bond acceptors (Lipinski definition) is 6. The largest absolute Gasteiger partial charge is 0.493 e. The lowest BCUT2D eigenvalue weighted by Crippen LogP contribution is -2.12. The van der Waals surface area contributed by atoms with Gasteiger partial charge in [-0.15, -0.1) is 0 Å². The third-order valence-corrected chi connectivity index (χ3v) is 4.63. The number of aromatic nitrogens is 5. The summed E-state index contributed by atoms with van der Waals surface area (Å²) in [5.74, 6) is -0.174. The zero-order valence-electron chi connectivity index (χ0n) is 17.1. The van der Waals surface area contributed by atoms with E-state index in [4.69, 9.17) is 4.74 Å². The fourth-order valence-electron chi connectivity index (χ4n) is 3.31. The van der Waals surface area contributed by atoms with E-state index in [9.17, 15) is 4.79 Å². The first-order valence-corrected chi connectivity index (χ1v) is 9.57. The number of methoxy groups -OCH3 is 1. The number of carbonyl (C=O) groups excluding carboxylic acids is 1. The minimum Gasteiger partial charge on any atom is -0.493 e. The maximum atomic E-state index is 15.4. The van der Waals surface area contributed by atoms with E-state index in [1.807, 2.05) is 13.8 Å². The average molecular weight is 411 g/mol. The highest BCUT2D eigenvalue weighted by molar-refractivity contribution is 6.03. The van der Waals surface area contributed by atoms with Crippen LogP contribution in [-0.4, -0.2) is 43.6 Å². The molecule has 1 aromatic carbocycles. The molecule has 0 radical (unpaired) electrons. The van der Waals surface area contributed by atoms with Crippen LogP contribution >= 0.6 is 0 Å². The van der Waals surface area contributed by atoms with Crippen LogP contribution in [0.15, 0.2) is 24.8 Å². The number of anilines is 2. The van der Waals surface area contributed by atoms with Crippen LogP contribution in [0.5, 0.6) is 5.75 Å². The molecule has 0 spiro atoms. The van der Waals surface area contributed by atoms with Crippen LogP contribution in [0, 0.1) is 5.82 Å². The Morgan fingerprint density at radius 1 is 1.33 bits per heavy atom. The molecule has 4 rings (SSSR count). The number of halogens is 1. The van der Waals surface area contributed by atoms with E-state index < -0.39 is 5.82 Å². The highest BCUT2D eigenvalue weighted by atomic mass is 19.1. The van der Waals surface area contributed by atoms with Crippen LogP contribution in [0.4, 0.5) is 15.9 Å². The third-order valence-electron chi connectivity index (χ3n) is 4.63. The second-order valence-electron chi connectivity index (χ2n) is 7.12. The number of aromatic amines is 1. The minimum absolute atomic E-state index is 0.0127. The fraction of sp³-hybridized carbons (Fsp3) is 0.300. The first-order valence-electron chi connectivity index (χ1n) is 9.57. The second kappa shape index (κ2) is 7.62. The lowest BCUT2D eigenvalue weighted by molar-refractivity contribution is -0.115. The Bertz CT molecular complexity index is 1250. The van der Waals surface area contributed by atoms with Crippen LogP contribution in [0.1, 0.15) is 27.2 Å². The summed E-state index contributed by atoms with van der Waals surface area (Å²) < 4.78 is 22.5. The molecular weight excluding hydrogens is 389 g/mol. The Balaban J connectivity index is 1.89. The van der Waals surface area contributed by atoms with E-state index in [0.29, 0.717) is 45.7 Å². The maximum Gasteiger partial charge on any atom is 0.225 e. The van der Waals surface area contributed by atoms with Crippen molar-refractivity contribution in [3.8, 4) is 17.0 Å². The highest BCUT2D eigenvalue weighted by Gasteiger charge is 2.24. The number of hydrogen-bond donors (Lipinski definition) is 3. The van der Waals surface area contributed by atoms with Gasteiger partial charge in [0.15, 0.2) is 23.0 Å². The average Bonchev–Trinajstić information content (AvgIpc) is 3.35. The number of H-pyrrole nitrogens is 1. The van der Waals surface area contributed by atoms with Gasteiger partial charge in [-0.2, -0.15) is 5.10 Å². The smallest absolute Gasteiger partial charge is 0.225 e. The molecular formula is C20H22FN7O2. The lowest BCUT2D eigenvalue weighted by Gasteiger charge is -2.17. The molecule has 0 saturated carbocycles. The predicted molar refractivity (Wildman–Crippen MR) is 112 cm³/mol. The van der Waals surface area contributed by atoms with Gasteiger partial charge < -0.3 is 19.8 Å². The van der Waals surface area contributed by atoms with Crippen molar-refractivity contribution in [2.75, 3.05) is 17.7 Å². The van der Waals surface area contributed by atoms with Gasteiger partial charge in [-0.05, 0) is 13.8 Å². The first-order chi connectivity index (χ1) is 14.4. The molecule has 0 atom stereocenters. The molecule has 1 amide bonds. The summed E-state index contributed by atoms with van der Waals surface area (Å²) in [5, 5.41) is 13.5. The molecule has 3 heterocycles. The number of ether oxygens (including phenoxy) is 1. The van der Waals surface area contributed by atoms with Crippen LogP contribution in [0.2, 0.25) is 0 Å². The monoisotopic (exact) mass is 411 g/mol. The van der Waals surface area contributed by atoms with Crippen LogP contribution in [-0.2, 0) is 4.79 Å². The van der Waals surface area contributed by atoms with E-state index in [0.717, 1.165) is 0 Å². The molecule has 0 aliphatic heterocycles. The number of amides is 1. The van der Waals surface area contributed by atoms with E-state index in [1.54, 1.807) is 36.1 Å². The molecule has 30 heavy (non-hydrogen) atoms. The molecule has 0 unspecified atom stereocenters. The van der Waals surface area contributed by atoms with E-state index in [1.165, 1.54) is 7.11 Å². The molecule has 10 heteroatoms. The SMILES string of the molecule is CCC(=O)Nc1cn2cc(-c3c(OC)c(F)c(NC(C)C)c4[nH]ncc34)ncc2n1. The maximum absolute atomic E-state index is 15.4. The minimum atomic E-state index is -0.527. The topological polar surface area (TPSA) is 109 Å². The lowest BCUT2D eigenvalue weighted by atomic mass is 10.0. The number of imidazole rings is 1. The molecule has 0 saturated heterocycles. The summed E-state index contributed by atoms with van der Waals surface area (Å²) in [6, 6.07) is 0.0127. The quantitative estimate of drug-likeness (QED) is 0.447. The first kappa shape index (κ1) is 19.6. The summed E-state index contributed by atoms with van der Waals surface area (Å²) in [4.78, 5) is 20.4. The molecule has 9 nitrogen and oxygen atoms in total. The van der Waals surface area contributed by atoms with Crippen molar-refractivity contribution in [2.45, 2.75) is 33.2 Å². The molecule has 0 bridgehead atoms. The molecule has 156 valence electrons. The zero-order chi connectivity index (χ0) is 21.4. The van der Waals surface area contributed by atoms with E-state index >= 15 is 4.39 Å². The van der Waals surface area contributed by atoms with Gasteiger partial charge in [-0.1, -0.05) is 6.92 Å². The normalized spacial score (nSPS) is 11.4. The number of nitrogens with one attached hydrogen (secondary N) is 3. The molecule has 4 aromatic rings. The van der Waals surface area contributed by atoms with E-state index in [-0.39, 0.29) is 17.7 Å². The molecule has 0 fully saturated rings. The fourth-order valence-corrected chi connectivity index (χ4v) is 3.31. The van der Waals surface area contributed by atoms with E-state index in [2.05, 4.69) is 30.8 Å². The van der Waals surface area contributed by atoms with Gasteiger partial charge in [-0.25, -0.2) is 9.37 Å². The Labute approximate surface area is 171 Å². The van der Waals surface area contributed by atoms with Crippen molar-refractivity contribution < 1.29 is 13.9 Å². The van der Waals surface area contributed by atoms with Gasteiger partial charge in [0, 0.05) is 24.0 Å². The van der Waals surface area contributed by atoms with Crippen LogP contribution in [0.3, 0.4) is 0 Å². The van der Waals surface area contributed by atoms with Crippen molar-refractivity contribution in [3.63, 3.8) is 0 Å². The van der Waals surface area contributed by atoms with Crippen LogP contribution in [0.25, 0.3) is 27.8 Å². The third kappa shape index (κ3) is 3.30. The summed E-state index contributed by atoms with van der Waals surface area (Å²) in [6.07, 6.45) is 6.91.